The summed E-state index contributed by atoms with van der Waals surface area (Å²) in [6.45, 7) is 1.65. The second-order valence-corrected chi connectivity index (χ2v) is 5.20. The second kappa shape index (κ2) is 5.43. The Labute approximate surface area is 112 Å². The van der Waals surface area contributed by atoms with Gasteiger partial charge in [-0.2, -0.15) is 0 Å². The summed E-state index contributed by atoms with van der Waals surface area (Å²) >= 11 is 0. The van der Waals surface area contributed by atoms with E-state index in [1.54, 1.807) is 0 Å². The average molecular weight is 257 g/mol. The number of carbonyl (C=O) groups is 1. The van der Waals surface area contributed by atoms with Gasteiger partial charge in [-0.05, 0) is 31.4 Å². The molecule has 1 saturated carbocycles. The highest BCUT2D eigenvalue weighted by atomic mass is 16.1. The van der Waals surface area contributed by atoms with Crippen molar-refractivity contribution >= 4 is 16.9 Å². The van der Waals surface area contributed by atoms with Crippen LogP contribution in [0.15, 0.2) is 30.6 Å². The molecule has 1 aliphatic carbocycles. The molecule has 3 rings (SSSR count). The van der Waals surface area contributed by atoms with Gasteiger partial charge in [0.1, 0.15) is 0 Å². The molecule has 0 aliphatic heterocycles. The molecule has 1 aromatic heterocycles. The average Bonchev–Trinajstić information content (AvgIpc) is 2.76. The van der Waals surface area contributed by atoms with Crippen LogP contribution in [0.25, 0.3) is 11.0 Å². The fraction of sp³-hybridized carbons (Fsp3) is 0.467. The Kier molecular flexibility index (Phi) is 3.49. The zero-order valence-corrected chi connectivity index (χ0v) is 11.0. The Morgan fingerprint density at radius 1 is 1.37 bits per heavy atom. The van der Waals surface area contributed by atoms with Crippen LogP contribution in [0.4, 0.5) is 0 Å². The lowest BCUT2D eigenvalue weighted by molar-refractivity contribution is -0.127. The molecule has 1 aromatic carbocycles. The first-order valence-corrected chi connectivity index (χ1v) is 7.02. The molecule has 0 unspecified atom stereocenters. The van der Waals surface area contributed by atoms with E-state index in [1.165, 1.54) is 6.42 Å². The lowest BCUT2D eigenvalue weighted by Crippen LogP contribution is -2.35. The number of imidazole rings is 1. The van der Waals surface area contributed by atoms with Crippen molar-refractivity contribution in [3.05, 3.63) is 30.6 Å². The number of para-hydroxylation sites is 2. The molecule has 2 aromatic rings. The molecule has 0 saturated heterocycles. The third-order valence-electron chi connectivity index (χ3n) is 3.88. The second-order valence-electron chi connectivity index (χ2n) is 5.20. The first-order chi connectivity index (χ1) is 9.34. The van der Waals surface area contributed by atoms with Crippen LogP contribution in [0.5, 0.6) is 0 Å². The van der Waals surface area contributed by atoms with Crippen LogP contribution in [-0.4, -0.2) is 22.0 Å². The minimum absolute atomic E-state index is 0.238. The highest BCUT2D eigenvalue weighted by molar-refractivity contribution is 5.79. The van der Waals surface area contributed by atoms with Crippen molar-refractivity contribution in [3.63, 3.8) is 0 Å². The molecule has 1 N–H and O–H groups in total. The summed E-state index contributed by atoms with van der Waals surface area (Å²) in [5.41, 5.74) is 2.19. The minimum atomic E-state index is 0.238. The number of aromatic nitrogens is 2. The van der Waals surface area contributed by atoms with Gasteiger partial charge in [0.25, 0.3) is 0 Å². The Bertz CT molecular complexity index is 572. The van der Waals surface area contributed by atoms with Crippen LogP contribution in [0.1, 0.15) is 25.7 Å². The molecule has 100 valence electrons. The fourth-order valence-electron chi connectivity index (χ4n) is 2.46. The summed E-state index contributed by atoms with van der Waals surface area (Å²) in [7, 11) is 0. The summed E-state index contributed by atoms with van der Waals surface area (Å²) in [4.78, 5) is 16.0. The highest BCUT2D eigenvalue weighted by Crippen LogP contribution is 2.26. The van der Waals surface area contributed by atoms with Crippen LogP contribution in [0.2, 0.25) is 0 Å². The van der Waals surface area contributed by atoms with E-state index in [0.29, 0.717) is 0 Å². The van der Waals surface area contributed by atoms with Gasteiger partial charge in [-0.25, -0.2) is 4.98 Å². The Morgan fingerprint density at radius 2 is 2.21 bits per heavy atom. The van der Waals surface area contributed by atoms with Crippen molar-refractivity contribution in [1.29, 1.82) is 0 Å². The van der Waals surface area contributed by atoms with E-state index in [4.69, 9.17) is 0 Å². The smallest absolute Gasteiger partial charge is 0.223 e. The van der Waals surface area contributed by atoms with E-state index in [9.17, 15) is 4.79 Å². The van der Waals surface area contributed by atoms with Gasteiger partial charge in [0, 0.05) is 19.0 Å². The number of nitrogens with zero attached hydrogens (tertiary/aromatic N) is 2. The van der Waals surface area contributed by atoms with E-state index in [-0.39, 0.29) is 11.8 Å². The van der Waals surface area contributed by atoms with E-state index in [2.05, 4.69) is 20.9 Å². The molecule has 1 heterocycles. The lowest BCUT2D eigenvalue weighted by Gasteiger charge is -2.24. The molecule has 0 spiro atoms. The van der Waals surface area contributed by atoms with Crippen molar-refractivity contribution in [2.45, 2.75) is 32.2 Å². The molecule has 0 atom stereocenters. The van der Waals surface area contributed by atoms with E-state index in [0.717, 1.165) is 43.4 Å². The van der Waals surface area contributed by atoms with Crippen molar-refractivity contribution in [2.75, 3.05) is 6.54 Å². The SMILES string of the molecule is O=C(NCCCn1cnc2ccccc21)C1CCC1. The van der Waals surface area contributed by atoms with Crippen molar-refractivity contribution in [2.24, 2.45) is 5.92 Å². The monoisotopic (exact) mass is 257 g/mol. The predicted octanol–water partition coefficient (Wildman–Crippen LogP) is 2.34. The normalized spacial score (nSPS) is 15.4. The molecule has 0 radical (unpaired) electrons. The van der Waals surface area contributed by atoms with Gasteiger partial charge >= 0.3 is 0 Å². The Morgan fingerprint density at radius 3 is 3.00 bits per heavy atom. The molecule has 19 heavy (non-hydrogen) atoms. The van der Waals surface area contributed by atoms with Crippen molar-refractivity contribution in [3.8, 4) is 0 Å². The van der Waals surface area contributed by atoms with E-state index < -0.39 is 0 Å². The molecular formula is C15H19N3O. The first-order valence-electron chi connectivity index (χ1n) is 7.02. The highest BCUT2D eigenvalue weighted by Gasteiger charge is 2.24. The molecule has 1 amide bonds. The maximum atomic E-state index is 11.7. The van der Waals surface area contributed by atoms with Gasteiger partial charge in [-0.15, -0.1) is 0 Å². The molecule has 4 nitrogen and oxygen atoms in total. The largest absolute Gasteiger partial charge is 0.356 e. The number of benzene rings is 1. The maximum Gasteiger partial charge on any atom is 0.223 e. The summed E-state index contributed by atoms with van der Waals surface area (Å²) in [5, 5.41) is 3.02. The molecule has 1 aliphatic rings. The topological polar surface area (TPSA) is 46.9 Å². The number of hydrogen-bond donors (Lipinski definition) is 1. The number of hydrogen-bond acceptors (Lipinski definition) is 2. The molecule has 1 fully saturated rings. The molecule has 0 bridgehead atoms. The van der Waals surface area contributed by atoms with Crippen molar-refractivity contribution in [1.82, 2.24) is 14.9 Å². The van der Waals surface area contributed by atoms with Crippen LogP contribution >= 0.6 is 0 Å². The standard InChI is InChI=1S/C15H19N3O/c19-15(12-5-3-6-12)16-9-4-10-18-11-17-13-7-1-2-8-14(13)18/h1-2,7-8,11-12H,3-6,9-10H2,(H,16,19). The quantitative estimate of drug-likeness (QED) is 0.836. The number of amides is 1. The number of fused-ring (bicyclic) bond motifs is 1. The molecular weight excluding hydrogens is 238 g/mol. The number of aryl methyl sites for hydroxylation is 1. The van der Waals surface area contributed by atoms with Gasteiger partial charge in [-0.1, -0.05) is 18.6 Å². The zero-order chi connectivity index (χ0) is 13.1. The Hall–Kier alpha value is -1.84. The lowest BCUT2D eigenvalue weighted by atomic mass is 9.85. The van der Waals surface area contributed by atoms with Crippen LogP contribution in [-0.2, 0) is 11.3 Å². The van der Waals surface area contributed by atoms with Gasteiger partial charge in [0.05, 0.1) is 17.4 Å². The zero-order valence-electron chi connectivity index (χ0n) is 11.0. The summed E-state index contributed by atoms with van der Waals surface area (Å²) in [6.07, 6.45) is 6.16. The fourth-order valence-corrected chi connectivity index (χ4v) is 2.46. The summed E-state index contributed by atoms with van der Waals surface area (Å²) in [6, 6.07) is 8.12. The number of carbonyl (C=O) groups excluding carboxylic acids is 1. The van der Waals surface area contributed by atoms with Crippen LogP contribution in [0.3, 0.4) is 0 Å². The number of nitrogens with one attached hydrogen (secondary N) is 1. The Balaban J connectivity index is 1.48. The third kappa shape index (κ3) is 2.62. The third-order valence-corrected chi connectivity index (χ3v) is 3.88. The van der Waals surface area contributed by atoms with Crippen LogP contribution in [0, 0.1) is 5.92 Å². The maximum absolute atomic E-state index is 11.7. The van der Waals surface area contributed by atoms with Gasteiger partial charge in [-0.3, -0.25) is 4.79 Å². The number of rotatable bonds is 5. The first kappa shape index (κ1) is 12.2. The van der Waals surface area contributed by atoms with Gasteiger partial charge in [0.15, 0.2) is 0 Å². The van der Waals surface area contributed by atoms with E-state index in [1.807, 2.05) is 24.5 Å². The van der Waals surface area contributed by atoms with Crippen molar-refractivity contribution < 1.29 is 4.79 Å². The minimum Gasteiger partial charge on any atom is -0.356 e. The van der Waals surface area contributed by atoms with Gasteiger partial charge in [0.2, 0.25) is 5.91 Å². The summed E-state index contributed by atoms with van der Waals surface area (Å²) in [5.74, 6) is 0.524. The van der Waals surface area contributed by atoms with Crippen LogP contribution < -0.4 is 5.32 Å². The predicted molar refractivity (Wildman–Crippen MR) is 74.7 cm³/mol. The summed E-state index contributed by atoms with van der Waals surface area (Å²) < 4.78 is 2.14. The van der Waals surface area contributed by atoms with Gasteiger partial charge < -0.3 is 9.88 Å². The van der Waals surface area contributed by atoms with E-state index >= 15 is 0 Å². The molecule has 4 heteroatoms.